The second kappa shape index (κ2) is 6.93. The van der Waals surface area contributed by atoms with Crippen LogP contribution in [0.5, 0.6) is 0 Å². The fourth-order valence-corrected chi connectivity index (χ4v) is 5.30. The number of ether oxygens (including phenoxy) is 1. The first-order chi connectivity index (χ1) is 13.0. The zero-order valence-electron chi connectivity index (χ0n) is 15.0. The largest absolute Gasteiger partial charge is 0.479 e. The number of carbonyl (C=O) groups excluding carboxylic acids is 1. The van der Waals surface area contributed by atoms with Gasteiger partial charge in [-0.1, -0.05) is 55.5 Å². The number of alkyl carbamates (subject to hydrolysis) is 1. The van der Waals surface area contributed by atoms with Crippen molar-refractivity contribution in [2.75, 3.05) is 12.4 Å². The summed E-state index contributed by atoms with van der Waals surface area (Å²) >= 11 is 1.55. The van der Waals surface area contributed by atoms with Crippen molar-refractivity contribution in [3.8, 4) is 11.1 Å². The van der Waals surface area contributed by atoms with Gasteiger partial charge in [-0.05, 0) is 28.7 Å². The Balaban J connectivity index is 1.49. The van der Waals surface area contributed by atoms with Crippen LogP contribution in [0.4, 0.5) is 4.79 Å². The van der Waals surface area contributed by atoms with E-state index in [1.54, 1.807) is 11.8 Å². The van der Waals surface area contributed by atoms with Gasteiger partial charge in [-0.2, -0.15) is 11.8 Å². The molecule has 1 amide bonds. The van der Waals surface area contributed by atoms with Gasteiger partial charge in [-0.3, -0.25) is 0 Å². The molecule has 2 unspecified atom stereocenters. The summed E-state index contributed by atoms with van der Waals surface area (Å²) in [5, 5.41) is 12.4. The Morgan fingerprint density at radius 1 is 1.15 bits per heavy atom. The highest BCUT2D eigenvalue weighted by Crippen LogP contribution is 2.44. The molecule has 1 fully saturated rings. The summed E-state index contributed by atoms with van der Waals surface area (Å²) in [7, 11) is 0. The molecule has 0 saturated carbocycles. The molecule has 2 aromatic rings. The minimum Gasteiger partial charge on any atom is -0.479 e. The fraction of sp³-hybridized carbons (Fsp3) is 0.333. The van der Waals surface area contributed by atoms with E-state index < -0.39 is 17.6 Å². The summed E-state index contributed by atoms with van der Waals surface area (Å²) in [6, 6.07) is 16.2. The van der Waals surface area contributed by atoms with E-state index in [1.165, 1.54) is 0 Å². The van der Waals surface area contributed by atoms with Crippen molar-refractivity contribution in [1.29, 1.82) is 0 Å². The van der Waals surface area contributed by atoms with E-state index in [1.807, 2.05) is 31.2 Å². The molecule has 0 aromatic heterocycles. The minimum atomic E-state index is -1.24. The van der Waals surface area contributed by atoms with E-state index in [-0.39, 0.29) is 17.8 Å². The van der Waals surface area contributed by atoms with Crippen LogP contribution in [0.15, 0.2) is 48.5 Å². The van der Waals surface area contributed by atoms with E-state index in [0.29, 0.717) is 12.2 Å². The molecular formula is C21H21NO4S. The van der Waals surface area contributed by atoms with Gasteiger partial charge in [0.2, 0.25) is 0 Å². The number of thioether (sulfide) groups is 1. The molecule has 1 saturated heterocycles. The van der Waals surface area contributed by atoms with Crippen LogP contribution in [0, 0.1) is 0 Å². The van der Waals surface area contributed by atoms with E-state index in [2.05, 4.69) is 29.6 Å². The van der Waals surface area contributed by atoms with Gasteiger partial charge in [0.25, 0.3) is 0 Å². The van der Waals surface area contributed by atoms with Gasteiger partial charge < -0.3 is 15.2 Å². The van der Waals surface area contributed by atoms with Crippen molar-refractivity contribution >= 4 is 23.8 Å². The number of hydrogen-bond donors (Lipinski definition) is 2. The molecule has 4 rings (SSSR count). The lowest BCUT2D eigenvalue weighted by Gasteiger charge is -2.25. The Morgan fingerprint density at radius 2 is 1.74 bits per heavy atom. The Kier molecular flexibility index (Phi) is 4.60. The third-order valence-electron chi connectivity index (χ3n) is 5.34. The summed E-state index contributed by atoms with van der Waals surface area (Å²) in [5.41, 5.74) is 3.33. The molecule has 2 atom stereocenters. The summed E-state index contributed by atoms with van der Waals surface area (Å²) in [6.07, 6.45) is -0.272. The number of carboxylic acids is 1. The number of aliphatic carboxylic acids is 1. The highest BCUT2D eigenvalue weighted by atomic mass is 32.2. The number of nitrogens with one attached hydrogen (secondary N) is 1. The maximum atomic E-state index is 12.4. The SMILES string of the molecule is CC1CC(NC(=O)OCC2c3ccccc3-c3ccccc32)(C(=O)O)CS1. The van der Waals surface area contributed by atoms with Gasteiger partial charge in [0.05, 0.1) is 0 Å². The average Bonchev–Trinajstić information content (AvgIpc) is 3.19. The number of fused-ring (bicyclic) bond motifs is 3. The number of carbonyl (C=O) groups is 2. The maximum Gasteiger partial charge on any atom is 0.408 e. The van der Waals surface area contributed by atoms with Gasteiger partial charge in [-0.15, -0.1) is 0 Å². The Morgan fingerprint density at radius 3 is 2.26 bits per heavy atom. The van der Waals surface area contributed by atoms with Gasteiger partial charge in [0.15, 0.2) is 5.54 Å². The van der Waals surface area contributed by atoms with Crippen LogP contribution in [-0.4, -0.2) is 40.3 Å². The van der Waals surface area contributed by atoms with Crippen molar-refractivity contribution in [1.82, 2.24) is 5.32 Å². The second-order valence-corrected chi connectivity index (χ2v) is 8.59. The maximum absolute atomic E-state index is 12.4. The summed E-state index contributed by atoms with van der Waals surface area (Å²) in [5.74, 6) is -0.693. The summed E-state index contributed by atoms with van der Waals surface area (Å²) in [6.45, 7) is 2.15. The first-order valence-corrected chi connectivity index (χ1v) is 10.0. The van der Waals surface area contributed by atoms with Gasteiger partial charge in [-0.25, -0.2) is 9.59 Å². The second-order valence-electron chi connectivity index (χ2n) is 7.16. The first-order valence-electron chi connectivity index (χ1n) is 8.98. The van der Waals surface area contributed by atoms with Crippen LogP contribution in [0.25, 0.3) is 11.1 Å². The third-order valence-corrected chi connectivity index (χ3v) is 6.74. The quantitative estimate of drug-likeness (QED) is 0.838. The zero-order chi connectivity index (χ0) is 19.0. The number of amides is 1. The summed E-state index contributed by atoms with van der Waals surface area (Å²) in [4.78, 5) is 24.1. The number of rotatable bonds is 4. The first kappa shape index (κ1) is 17.9. The highest BCUT2D eigenvalue weighted by molar-refractivity contribution is 8.00. The molecule has 1 heterocycles. The van der Waals surface area contributed by atoms with Gasteiger partial charge >= 0.3 is 12.1 Å². The molecule has 0 spiro atoms. The molecule has 0 bridgehead atoms. The Labute approximate surface area is 162 Å². The fourth-order valence-electron chi connectivity index (χ4n) is 4.01. The van der Waals surface area contributed by atoms with E-state index >= 15 is 0 Å². The lowest BCUT2D eigenvalue weighted by molar-refractivity contribution is -0.143. The zero-order valence-corrected chi connectivity index (χ0v) is 15.8. The topological polar surface area (TPSA) is 75.6 Å². The summed E-state index contributed by atoms with van der Waals surface area (Å²) < 4.78 is 5.49. The van der Waals surface area contributed by atoms with Crippen LogP contribution in [-0.2, 0) is 9.53 Å². The van der Waals surface area contributed by atoms with Crippen molar-refractivity contribution < 1.29 is 19.4 Å². The monoisotopic (exact) mass is 383 g/mol. The predicted molar refractivity (Wildman–Crippen MR) is 105 cm³/mol. The van der Waals surface area contributed by atoms with Crippen molar-refractivity contribution in [3.05, 3.63) is 59.7 Å². The minimum absolute atomic E-state index is 0.0409. The number of carboxylic acid groups (broad SMARTS) is 1. The Hall–Kier alpha value is -2.47. The standard InChI is InChI=1S/C21H21NO4S/c1-13-10-21(12-27-13,19(23)24)22-20(25)26-11-18-16-8-4-2-6-14(16)15-7-3-5-9-17(15)18/h2-9,13,18H,10-12H2,1H3,(H,22,25)(H,23,24). The molecule has 1 aliphatic carbocycles. The molecule has 2 aliphatic rings. The van der Waals surface area contributed by atoms with Crippen LogP contribution in [0.3, 0.4) is 0 Å². The normalized spacial score (nSPS) is 23.5. The van der Waals surface area contributed by atoms with Gasteiger partial charge in [0, 0.05) is 16.9 Å². The van der Waals surface area contributed by atoms with E-state index in [4.69, 9.17) is 4.74 Å². The van der Waals surface area contributed by atoms with E-state index in [0.717, 1.165) is 22.3 Å². The van der Waals surface area contributed by atoms with Crippen molar-refractivity contribution in [2.45, 2.75) is 30.1 Å². The van der Waals surface area contributed by atoms with Crippen molar-refractivity contribution in [2.24, 2.45) is 0 Å². The average molecular weight is 383 g/mol. The highest BCUT2D eigenvalue weighted by Gasteiger charge is 2.46. The van der Waals surface area contributed by atoms with Crippen LogP contribution >= 0.6 is 11.8 Å². The van der Waals surface area contributed by atoms with Gasteiger partial charge in [0.1, 0.15) is 6.61 Å². The molecule has 0 radical (unpaired) electrons. The van der Waals surface area contributed by atoms with E-state index in [9.17, 15) is 14.7 Å². The lowest BCUT2D eigenvalue weighted by atomic mass is 9.96. The molecule has 140 valence electrons. The third kappa shape index (κ3) is 3.18. The smallest absolute Gasteiger partial charge is 0.408 e. The number of hydrogen-bond acceptors (Lipinski definition) is 4. The molecule has 1 aliphatic heterocycles. The molecule has 5 nitrogen and oxygen atoms in total. The molecule has 2 aromatic carbocycles. The molecule has 27 heavy (non-hydrogen) atoms. The number of benzene rings is 2. The van der Waals surface area contributed by atoms with Crippen molar-refractivity contribution in [3.63, 3.8) is 0 Å². The van der Waals surface area contributed by atoms with Crippen LogP contribution < -0.4 is 5.32 Å². The van der Waals surface area contributed by atoms with Crippen LogP contribution in [0.1, 0.15) is 30.4 Å². The molecular weight excluding hydrogens is 362 g/mol. The van der Waals surface area contributed by atoms with Crippen LogP contribution in [0.2, 0.25) is 0 Å². The predicted octanol–water partition coefficient (Wildman–Crippen LogP) is 3.87. The lowest BCUT2D eigenvalue weighted by Crippen LogP contribution is -2.55. The molecule has 6 heteroatoms. The Bertz CT molecular complexity index is 854. The molecule has 2 N–H and O–H groups in total.